The van der Waals surface area contributed by atoms with Crippen molar-refractivity contribution in [3.63, 3.8) is 0 Å². The number of nitro groups is 1. The molecule has 1 aliphatic carbocycles. The van der Waals surface area contributed by atoms with Crippen LogP contribution in [0.5, 0.6) is 0 Å². The molecule has 148 valence electrons. The van der Waals surface area contributed by atoms with Gasteiger partial charge in [0, 0.05) is 30.5 Å². The second-order valence-corrected chi connectivity index (χ2v) is 7.66. The lowest BCUT2D eigenvalue weighted by molar-refractivity contribution is -0.384. The highest BCUT2D eigenvalue weighted by molar-refractivity contribution is 6.03. The Morgan fingerprint density at radius 2 is 2.11 bits per heavy atom. The number of non-ortho nitro benzene ring substituents is 1. The fourth-order valence-corrected chi connectivity index (χ4v) is 3.74. The molecular formula is C20H22N2O6. The molecule has 0 spiro atoms. The lowest BCUT2D eigenvalue weighted by Crippen LogP contribution is -2.35. The van der Waals surface area contributed by atoms with Gasteiger partial charge in [-0.2, -0.15) is 0 Å². The topological polar surface area (TPSA) is 122 Å². The average molecular weight is 386 g/mol. The average Bonchev–Trinajstić information content (AvgIpc) is 2.59. The molecule has 2 aliphatic rings. The monoisotopic (exact) mass is 386 g/mol. The minimum absolute atomic E-state index is 0.00541. The van der Waals surface area contributed by atoms with Gasteiger partial charge in [-0.05, 0) is 17.9 Å². The first kappa shape index (κ1) is 19.6. The Kier molecular flexibility index (Phi) is 4.97. The van der Waals surface area contributed by atoms with Gasteiger partial charge >= 0.3 is 5.97 Å². The second kappa shape index (κ2) is 7.10. The van der Waals surface area contributed by atoms with Crippen molar-refractivity contribution in [2.45, 2.75) is 39.5 Å². The van der Waals surface area contributed by atoms with Crippen LogP contribution in [0.3, 0.4) is 0 Å². The molecule has 0 saturated carbocycles. The van der Waals surface area contributed by atoms with E-state index in [1.165, 1.54) is 18.2 Å². The molecule has 8 nitrogen and oxygen atoms in total. The third-order valence-corrected chi connectivity index (χ3v) is 4.86. The lowest BCUT2D eigenvalue weighted by atomic mass is 9.70. The number of ether oxygens (including phenoxy) is 2. The van der Waals surface area contributed by atoms with Crippen molar-refractivity contribution in [2.75, 3.05) is 6.61 Å². The summed E-state index contributed by atoms with van der Waals surface area (Å²) < 4.78 is 10.8. The van der Waals surface area contributed by atoms with Gasteiger partial charge in [0.1, 0.15) is 11.3 Å². The standard InChI is InChI=1S/C20H22N2O6/c1-4-27-19(24)17-15(11-6-5-7-12(8-11)22(25)26)16-13(23)9-20(2,3)10-14(16)28-18(17)21/h5-8,15H,4,9-10,21H2,1-3H3/t15-/m0/s1. The molecule has 0 aromatic heterocycles. The van der Waals surface area contributed by atoms with E-state index in [4.69, 9.17) is 15.2 Å². The Bertz CT molecular complexity index is 928. The molecule has 2 N–H and O–H groups in total. The summed E-state index contributed by atoms with van der Waals surface area (Å²) >= 11 is 0. The fourth-order valence-electron chi connectivity index (χ4n) is 3.74. The second-order valence-electron chi connectivity index (χ2n) is 7.66. The van der Waals surface area contributed by atoms with Crippen LogP contribution in [-0.4, -0.2) is 23.3 Å². The van der Waals surface area contributed by atoms with E-state index in [1.54, 1.807) is 13.0 Å². The molecule has 0 fully saturated rings. The maximum atomic E-state index is 13.0. The minimum atomic E-state index is -0.869. The Morgan fingerprint density at radius 1 is 1.39 bits per heavy atom. The maximum absolute atomic E-state index is 13.0. The Labute approximate surface area is 162 Å². The van der Waals surface area contributed by atoms with Gasteiger partial charge in [0.05, 0.1) is 17.4 Å². The normalized spacial score (nSPS) is 21.1. The number of nitro benzene ring substituents is 1. The van der Waals surface area contributed by atoms with Crippen LogP contribution in [0.15, 0.2) is 47.1 Å². The van der Waals surface area contributed by atoms with Crippen LogP contribution >= 0.6 is 0 Å². The Hall–Kier alpha value is -3.16. The summed E-state index contributed by atoms with van der Waals surface area (Å²) in [5.41, 5.74) is 6.33. The molecule has 1 heterocycles. The number of nitrogens with two attached hydrogens (primary N) is 1. The smallest absolute Gasteiger partial charge is 0.340 e. The maximum Gasteiger partial charge on any atom is 0.340 e. The zero-order valence-electron chi connectivity index (χ0n) is 16.0. The predicted molar refractivity (Wildman–Crippen MR) is 99.8 cm³/mol. The van der Waals surface area contributed by atoms with Crippen molar-refractivity contribution in [2.24, 2.45) is 11.1 Å². The summed E-state index contributed by atoms with van der Waals surface area (Å²) in [4.78, 5) is 36.3. The van der Waals surface area contributed by atoms with Crippen molar-refractivity contribution in [1.29, 1.82) is 0 Å². The van der Waals surface area contributed by atoms with Crippen molar-refractivity contribution >= 4 is 17.4 Å². The van der Waals surface area contributed by atoms with Gasteiger partial charge in [0.2, 0.25) is 5.88 Å². The molecule has 0 saturated heterocycles. The number of carbonyl (C=O) groups is 2. The summed E-state index contributed by atoms with van der Waals surface area (Å²) in [5.74, 6) is -1.48. The summed E-state index contributed by atoms with van der Waals surface area (Å²) in [7, 11) is 0. The van der Waals surface area contributed by atoms with E-state index in [9.17, 15) is 19.7 Å². The first-order valence-electron chi connectivity index (χ1n) is 9.00. The quantitative estimate of drug-likeness (QED) is 0.479. The molecule has 0 bridgehead atoms. The van der Waals surface area contributed by atoms with Gasteiger partial charge < -0.3 is 15.2 Å². The molecule has 0 radical (unpaired) electrons. The number of benzene rings is 1. The van der Waals surface area contributed by atoms with Gasteiger partial charge in [0.25, 0.3) is 5.69 Å². The van der Waals surface area contributed by atoms with E-state index in [2.05, 4.69) is 0 Å². The number of allylic oxidation sites excluding steroid dienone is 2. The van der Waals surface area contributed by atoms with Crippen LogP contribution in [0.25, 0.3) is 0 Å². The highest BCUT2D eigenvalue weighted by Gasteiger charge is 2.45. The van der Waals surface area contributed by atoms with E-state index in [1.807, 2.05) is 13.8 Å². The molecule has 0 amide bonds. The Morgan fingerprint density at radius 3 is 2.75 bits per heavy atom. The number of carbonyl (C=O) groups excluding carboxylic acids is 2. The highest BCUT2D eigenvalue weighted by Crippen LogP contribution is 2.48. The highest BCUT2D eigenvalue weighted by atomic mass is 16.6. The zero-order chi connectivity index (χ0) is 20.6. The minimum Gasteiger partial charge on any atom is -0.462 e. The fraction of sp³-hybridized carbons (Fsp3) is 0.400. The lowest BCUT2D eigenvalue weighted by Gasteiger charge is -2.37. The number of hydrogen-bond acceptors (Lipinski definition) is 7. The third kappa shape index (κ3) is 3.49. The van der Waals surface area contributed by atoms with Crippen LogP contribution in [0, 0.1) is 15.5 Å². The summed E-state index contributed by atoms with van der Waals surface area (Å²) in [6.45, 7) is 5.66. The van der Waals surface area contributed by atoms with Gasteiger partial charge in [-0.25, -0.2) is 4.79 Å². The molecule has 8 heteroatoms. The van der Waals surface area contributed by atoms with Crippen LogP contribution < -0.4 is 5.73 Å². The summed E-state index contributed by atoms with van der Waals surface area (Å²) in [6, 6.07) is 5.84. The van der Waals surface area contributed by atoms with E-state index >= 15 is 0 Å². The van der Waals surface area contributed by atoms with E-state index < -0.39 is 16.8 Å². The summed E-state index contributed by atoms with van der Waals surface area (Å²) in [5, 5.41) is 11.2. The van der Waals surface area contributed by atoms with E-state index in [0.29, 0.717) is 23.3 Å². The molecule has 3 rings (SSSR count). The van der Waals surface area contributed by atoms with Crippen LogP contribution in [-0.2, 0) is 19.1 Å². The number of Topliss-reactive ketones (excluding diaryl/α,β-unsaturated/α-hetero) is 1. The van der Waals surface area contributed by atoms with E-state index in [0.717, 1.165) is 0 Å². The van der Waals surface area contributed by atoms with Gasteiger partial charge in [-0.3, -0.25) is 14.9 Å². The van der Waals surface area contributed by atoms with Gasteiger partial charge in [-0.1, -0.05) is 26.0 Å². The molecule has 28 heavy (non-hydrogen) atoms. The van der Waals surface area contributed by atoms with Crippen LogP contribution in [0.4, 0.5) is 5.69 Å². The van der Waals surface area contributed by atoms with Gasteiger partial charge in [-0.15, -0.1) is 0 Å². The van der Waals surface area contributed by atoms with Crippen molar-refractivity contribution < 1.29 is 24.0 Å². The largest absolute Gasteiger partial charge is 0.462 e. The van der Waals surface area contributed by atoms with E-state index in [-0.39, 0.29) is 41.4 Å². The molecule has 1 atom stereocenters. The van der Waals surface area contributed by atoms with Gasteiger partial charge in [0.15, 0.2) is 5.78 Å². The number of ketones is 1. The first-order valence-corrected chi connectivity index (χ1v) is 9.00. The third-order valence-electron chi connectivity index (χ3n) is 4.86. The van der Waals surface area contributed by atoms with Crippen molar-refractivity contribution in [3.8, 4) is 0 Å². The van der Waals surface area contributed by atoms with Crippen molar-refractivity contribution in [3.05, 3.63) is 62.7 Å². The molecule has 1 aromatic carbocycles. The molecule has 0 unspecified atom stereocenters. The molecule has 1 aliphatic heterocycles. The number of nitrogens with zero attached hydrogens (tertiary/aromatic N) is 1. The predicted octanol–water partition coefficient (Wildman–Crippen LogP) is 3.09. The number of esters is 1. The number of rotatable bonds is 4. The van der Waals surface area contributed by atoms with Crippen LogP contribution in [0.2, 0.25) is 0 Å². The SMILES string of the molecule is CCOC(=O)C1=C(N)OC2=C(C(=O)CC(C)(C)C2)[C@@H]1c1cccc([N+](=O)[O-])c1. The zero-order valence-corrected chi connectivity index (χ0v) is 16.0. The van der Waals surface area contributed by atoms with Crippen molar-refractivity contribution in [1.82, 2.24) is 0 Å². The first-order chi connectivity index (χ1) is 13.1. The molecule has 1 aromatic rings. The molecular weight excluding hydrogens is 364 g/mol. The number of hydrogen-bond donors (Lipinski definition) is 1. The summed E-state index contributed by atoms with van der Waals surface area (Å²) in [6.07, 6.45) is 0.743. The Balaban J connectivity index is 2.21. The van der Waals surface area contributed by atoms with Crippen LogP contribution in [0.1, 0.15) is 45.1 Å².